The number of amides is 2. The molecule has 4 nitrogen and oxygen atoms in total. The molecule has 0 atom stereocenters. The molecule has 2 rings (SSSR count). The van der Waals surface area contributed by atoms with Gasteiger partial charge >= 0.3 is 0 Å². The third kappa shape index (κ3) is 5.00. The van der Waals surface area contributed by atoms with Crippen LogP contribution >= 0.6 is 15.9 Å². The van der Waals surface area contributed by atoms with Crippen molar-refractivity contribution >= 4 is 27.7 Å². The number of halogens is 1. The van der Waals surface area contributed by atoms with Crippen LogP contribution in [0.5, 0.6) is 0 Å². The lowest BCUT2D eigenvalue weighted by molar-refractivity contribution is -0.120. The Kier molecular flexibility index (Phi) is 6.15. The van der Waals surface area contributed by atoms with Crippen LogP contribution in [0.2, 0.25) is 0 Å². The topological polar surface area (TPSA) is 58.2 Å². The summed E-state index contributed by atoms with van der Waals surface area (Å²) in [6.45, 7) is 0.794. The zero-order valence-electron chi connectivity index (χ0n) is 12.0. The smallest absolute Gasteiger partial charge is 0.252 e. The summed E-state index contributed by atoms with van der Waals surface area (Å²) in [7, 11) is 0. The Morgan fingerprint density at radius 2 is 1.50 bits per heavy atom. The van der Waals surface area contributed by atoms with E-state index in [0.717, 1.165) is 10.0 Å². The molecule has 0 aliphatic heterocycles. The van der Waals surface area contributed by atoms with Gasteiger partial charge in [-0.3, -0.25) is 9.59 Å². The fraction of sp³-hybridized carbons (Fsp3) is 0.176. The maximum Gasteiger partial charge on any atom is 0.252 e. The van der Waals surface area contributed by atoms with Gasteiger partial charge in [-0.15, -0.1) is 0 Å². The van der Waals surface area contributed by atoms with E-state index in [-0.39, 0.29) is 11.8 Å². The van der Waals surface area contributed by atoms with Gasteiger partial charge in [-0.1, -0.05) is 42.5 Å². The Labute approximate surface area is 138 Å². The van der Waals surface area contributed by atoms with Crippen molar-refractivity contribution in [3.8, 4) is 0 Å². The molecule has 0 unspecified atom stereocenters. The summed E-state index contributed by atoms with van der Waals surface area (Å²) >= 11 is 3.34. The molecule has 0 aliphatic rings. The predicted octanol–water partition coefficient (Wildman–Crippen LogP) is 2.54. The van der Waals surface area contributed by atoms with Crippen LogP contribution in [0.1, 0.15) is 15.9 Å². The third-order valence-electron chi connectivity index (χ3n) is 3.06. The second-order valence-electron chi connectivity index (χ2n) is 4.75. The molecule has 5 heteroatoms. The summed E-state index contributed by atoms with van der Waals surface area (Å²) in [5.74, 6) is -0.217. The highest BCUT2D eigenvalue weighted by atomic mass is 79.9. The van der Waals surface area contributed by atoms with Crippen LogP contribution in [0, 0.1) is 0 Å². The highest BCUT2D eigenvalue weighted by Crippen LogP contribution is 2.15. The lowest BCUT2D eigenvalue weighted by Crippen LogP contribution is -2.35. The highest BCUT2D eigenvalue weighted by molar-refractivity contribution is 9.10. The highest BCUT2D eigenvalue weighted by Gasteiger charge is 2.08. The van der Waals surface area contributed by atoms with Crippen molar-refractivity contribution in [1.82, 2.24) is 10.6 Å². The number of benzene rings is 2. The summed E-state index contributed by atoms with van der Waals surface area (Å²) in [4.78, 5) is 23.7. The minimum atomic E-state index is -0.162. The second-order valence-corrected chi connectivity index (χ2v) is 5.60. The van der Waals surface area contributed by atoms with Crippen molar-refractivity contribution in [2.45, 2.75) is 6.42 Å². The second kappa shape index (κ2) is 8.34. The molecule has 0 heterocycles. The number of rotatable bonds is 6. The Hall–Kier alpha value is -2.14. The van der Waals surface area contributed by atoms with Crippen molar-refractivity contribution in [3.63, 3.8) is 0 Å². The van der Waals surface area contributed by atoms with Gasteiger partial charge in [0.25, 0.3) is 5.91 Å². The van der Waals surface area contributed by atoms with Crippen LogP contribution in [-0.2, 0) is 11.2 Å². The molecule has 22 heavy (non-hydrogen) atoms. The van der Waals surface area contributed by atoms with Gasteiger partial charge in [-0.2, -0.15) is 0 Å². The first-order valence-electron chi connectivity index (χ1n) is 7.00. The van der Waals surface area contributed by atoms with E-state index < -0.39 is 0 Å². The molecule has 2 amide bonds. The number of hydrogen-bond donors (Lipinski definition) is 2. The fourth-order valence-corrected chi connectivity index (χ4v) is 2.43. The van der Waals surface area contributed by atoms with Crippen LogP contribution in [0.3, 0.4) is 0 Å². The quantitative estimate of drug-likeness (QED) is 0.777. The normalized spacial score (nSPS) is 10.0. The molecule has 114 valence electrons. The Bertz CT molecular complexity index is 644. The average Bonchev–Trinajstić information content (AvgIpc) is 2.53. The van der Waals surface area contributed by atoms with Crippen molar-refractivity contribution in [2.24, 2.45) is 0 Å². The Balaban J connectivity index is 1.70. The van der Waals surface area contributed by atoms with Gasteiger partial charge in [0, 0.05) is 17.6 Å². The minimum Gasteiger partial charge on any atom is -0.354 e. The fourth-order valence-electron chi connectivity index (χ4n) is 1.96. The SMILES string of the molecule is O=C(Cc1ccccc1)NCCNC(=O)c1ccccc1Br. The van der Waals surface area contributed by atoms with Crippen LogP contribution in [-0.4, -0.2) is 24.9 Å². The number of carbonyl (C=O) groups is 2. The van der Waals surface area contributed by atoms with Crippen LogP contribution in [0.25, 0.3) is 0 Å². The van der Waals surface area contributed by atoms with Gasteiger partial charge in [-0.05, 0) is 33.6 Å². The first-order valence-corrected chi connectivity index (χ1v) is 7.79. The summed E-state index contributed by atoms with van der Waals surface area (Å²) in [6.07, 6.45) is 0.346. The van der Waals surface area contributed by atoms with Crippen LogP contribution in [0.15, 0.2) is 59.1 Å². The molecule has 0 aliphatic carbocycles. The lowest BCUT2D eigenvalue weighted by atomic mass is 10.1. The molecule has 0 fully saturated rings. The average molecular weight is 361 g/mol. The monoisotopic (exact) mass is 360 g/mol. The molecule has 0 bridgehead atoms. The zero-order chi connectivity index (χ0) is 15.8. The largest absolute Gasteiger partial charge is 0.354 e. The van der Waals surface area contributed by atoms with Crippen molar-refractivity contribution in [1.29, 1.82) is 0 Å². The summed E-state index contributed by atoms with van der Waals surface area (Å²) in [5, 5.41) is 5.56. The molecule has 0 radical (unpaired) electrons. The van der Waals surface area contributed by atoms with Crippen LogP contribution in [0.4, 0.5) is 0 Å². The molecule has 2 aromatic rings. The van der Waals surface area contributed by atoms with Crippen LogP contribution < -0.4 is 10.6 Å². The molecule has 0 aromatic heterocycles. The zero-order valence-corrected chi connectivity index (χ0v) is 13.6. The maximum atomic E-state index is 11.9. The molecule has 2 N–H and O–H groups in total. The first kappa shape index (κ1) is 16.2. The van der Waals surface area contributed by atoms with Gasteiger partial charge < -0.3 is 10.6 Å². The van der Waals surface area contributed by atoms with Gasteiger partial charge in [-0.25, -0.2) is 0 Å². The summed E-state index contributed by atoms with van der Waals surface area (Å²) in [5.41, 5.74) is 1.55. The van der Waals surface area contributed by atoms with E-state index in [1.54, 1.807) is 12.1 Å². The minimum absolute atomic E-state index is 0.0543. The summed E-state index contributed by atoms with van der Waals surface area (Å²) in [6, 6.07) is 16.8. The number of hydrogen-bond acceptors (Lipinski definition) is 2. The van der Waals surface area contributed by atoms with Crippen molar-refractivity contribution in [2.75, 3.05) is 13.1 Å². The first-order chi connectivity index (χ1) is 10.7. The summed E-state index contributed by atoms with van der Waals surface area (Å²) < 4.78 is 0.751. The van der Waals surface area contributed by atoms with Gasteiger partial charge in [0.2, 0.25) is 5.91 Å². The van der Waals surface area contributed by atoms with E-state index in [4.69, 9.17) is 0 Å². The van der Waals surface area contributed by atoms with E-state index >= 15 is 0 Å². The van der Waals surface area contributed by atoms with E-state index in [1.165, 1.54) is 0 Å². The molecule has 0 saturated carbocycles. The van der Waals surface area contributed by atoms with E-state index in [1.807, 2.05) is 42.5 Å². The van der Waals surface area contributed by atoms with E-state index in [2.05, 4.69) is 26.6 Å². The third-order valence-corrected chi connectivity index (χ3v) is 3.75. The van der Waals surface area contributed by atoms with E-state index in [9.17, 15) is 9.59 Å². The molecule has 0 saturated heterocycles. The lowest BCUT2D eigenvalue weighted by Gasteiger charge is -2.08. The molecule has 2 aromatic carbocycles. The van der Waals surface area contributed by atoms with E-state index in [0.29, 0.717) is 25.1 Å². The Morgan fingerprint density at radius 3 is 2.23 bits per heavy atom. The van der Waals surface area contributed by atoms with Gasteiger partial charge in [0.15, 0.2) is 0 Å². The van der Waals surface area contributed by atoms with Crippen molar-refractivity contribution in [3.05, 3.63) is 70.2 Å². The van der Waals surface area contributed by atoms with Crippen molar-refractivity contribution < 1.29 is 9.59 Å². The predicted molar refractivity (Wildman–Crippen MR) is 89.6 cm³/mol. The molecular weight excluding hydrogens is 344 g/mol. The molecular formula is C17H17BrN2O2. The Morgan fingerprint density at radius 1 is 0.864 bits per heavy atom. The number of nitrogens with one attached hydrogen (secondary N) is 2. The van der Waals surface area contributed by atoms with Gasteiger partial charge in [0.1, 0.15) is 0 Å². The number of carbonyl (C=O) groups excluding carboxylic acids is 2. The maximum absolute atomic E-state index is 11.9. The van der Waals surface area contributed by atoms with Gasteiger partial charge in [0.05, 0.1) is 12.0 Å². The standard InChI is InChI=1S/C17H17BrN2O2/c18-15-9-5-4-8-14(15)17(22)20-11-10-19-16(21)12-13-6-2-1-3-7-13/h1-9H,10-12H2,(H,19,21)(H,20,22). The molecule has 0 spiro atoms.